The normalized spacial score (nSPS) is 20.8. The molecule has 20 heavy (non-hydrogen) atoms. The lowest BCUT2D eigenvalue weighted by Gasteiger charge is -2.39. The minimum absolute atomic E-state index is 0.403. The summed E-state index contributed by atoms with van der Waals surface area (Å²) in [6, 6.07) is 11.7. The van der Waals surface area contributed by atoms with Crippen LogP contribution in [0.25, 0.3) is 0 Å². The highest BCUT2D eigenvalue weighted by Gasteiger charge is 2.27. The minimum Gasteiger partial charge on any atom is -0.381 e. The van der Waals surface area contributed by atoms with Crippen molar-refractivity contribution in [3.63, 3.8) is 0 Å². The van der Waals surface area contributed by atoms with E-state index in [2.05, 4.69) is 54.4 Å². The molecule has 0 aromatic heterocycles. The van der Waals surface area contributed by atoms with Crippen LogP contribution in [-0.4, -0.2) is 43.8 Å². The molecule has 112 valence electrons. The fraction of sp³-hybridized carbons (Fsp3) is 0.647. The number of likely N-dealkylation sites (tertiary alicyclic amines) is 1. The maximum Gasteiger partial charge on any atom is 0.0595 e. The van der Waals surface area contributed by atoms with Crippen molar-refractivity contribution < 1.29 is 4.74 Å². The lowest BCUT2D eigenvalue weighted by molar-refractivity contribution is 0.0237. The van der Waals surface area contributed by atoms with Crippen molar-refractivity contribution in [3.8, 4) is 0 Å². The molecule has 1 aliphatic rings. The van der Waals surface area contributed by atoms with Crippen LogP contribution < -0.4 is 5.32 Å². The van der Waals surface area contributed by atoms with Crippen molar-refractivity contribution >= 4 is 0 Å². The second kappa shape index (κ2) is 7.77. The van der Waals surface area contributed by atoms with E-state index < -0.39 is 0 Å². The molecule has 0 bridgehead atoms. The van der Waals surface area contributed by atoms with Gasteiger partial charge in [0.05, 0.1) is 6.10 Å². The van der Waals surface area contributed by atoms with Gasteiger partial charge >= 0.3 is 0 Å². The molecule has 0 amide bonds. The van der Waals surface area contributed by atoms with Gasteiger partial charge in [0.15, 0.2) is 0 Å². The number of nitrogens with one attached hydrogen (secondary N) is 1. The first kappa shape index (κ1) is 15.5. The summed E-state index contributed by atoms with van der Waals surface area (Å²) < 4.78 is 5.47. The van der Waals surface area contributed by atoms with Gasteiger partial charge in [-0.25, -0.2) is 0 Å². The summed E-state index contributed by atoms with van der Waals surface area (Å²) in [7, 11) is 1.83. The number of piperidine rings is 1. The average Bonchev–Trinajstić information content (AvgIpc) is 2.53. The third-order valence-electron chi connectivity index (χ3n) is 4.45. The number of hydrogen-bond donors (Lipinski definition) is 1. The molecule has 0 saturated carbocycles. The molecule has 2 atom stereocenters. The van der Waals surface area contributed by atoms with Crippen molar-refractivity contribution in [3.05, 3.63) is 35.9 Å². The summed E-state index contributed by atoms with van der Waals surface area (Å²) in [5.74, 6) is 0. The predicted molar refractivity (Wildman–Crippen MR) is 83.9 cm³/mol. The first-order valence-electron chi connectivity index (χ1n) is 7.81. The van der Waals surface area contributed by atoms with Crippen LogP contribution in [0.4, 0.5) is 0 Å². The van der Waals surface area contributed by atoms with Crippen LogP contribution in [0, 0.1) is 0 Å². The molecule has 1 aromatic carbocycles. The van der Waals surface area contributed by atoms with Crippen LogP contribution in [0.3, 0.4) is 0 Å². The second-order valence-electron chi connectivity index (χ2n) is 5.66. The van der Waals surface area contributed by atoms with Crippen LogP contribution in [0.15, 0.2) is 30.3 Å². The van der Waals surface area contributed by atoms with E-state index in [4.69, 9.17) is 4.74 Å². The van der Waals surface area contributed by atoms with E-state index in [0.717, 1.165) is 32.5 Å². The topological polar surface area (TPSA) is 24.5 Å². The fourth-order valence-corrected chi connectivity index (χ4v) is 3.18. The first-order chi connectivity index (χ1) is 9.76. The molecule has 0 radical (unpaired) electrons. The number of likely N-dealkylation sites (N-methyl/N-ethyl adjacent to an activating group) is 1. The zero-order valence-electron chi connectivity index (χ0n) is 13.0. The Morgan fingerprint density at radius 2 is 1.90 bits per heavy atom. The Bertz CT molecular complexity index is 374. The SMILES string of the molecule is CCNC(c1ccccc1)C(C)N1CCC(OC)CC1. The van der Waals surface area contributed by atoms with Crippen LogP contribution in [0.5, 0.6) is 0 Å². The molecule has 1 aromatic rings. The number of ether oxygens (including phenoxy) is 1. The molecule has 1 saturated heterocycles. The van der Waals surface area contributed by atoms with Gasteiger partial charge in [0.25, 0.3) is 0 Å². The fourth-order valence-electron chi connectivity index (χ4n) is 3.18. The van der Waals surface area contributed by atoms with E-state index in [0.29, 0.717) is 18.2 Å². The molecule has 0 spiro atoms. The van der Waals surface area contributed by atoms with E-state index in [1.807, 2.05) is 7.11 Å². The number of hydrogen-bond acceptors (Lipinski definition) is 3. The molecular weight excluding hydrogens is 248 g/mol. The molecule has 2 unspecified atom stereocenters. The predicted octanol–water partition coefficient (Wildman–Crippen LogP) is 2.84. The average molecular weight is 276 g/mol. The smallest absolute Gasteiger partial charge is 0.0595 e. The Labute approximate surface area is 123 Å². The molecule has 1 N–H and O–H groups in total. The van der Waals surface area contributed by atoms with Crippen LogP contribution in [-0.2, 0) is 4.74 Å². The maximum absolute atomic E-state index is 5.47. The van der Waals surface area contributed by atoms with E-state index in [-0.39, 0.29) is 0 Å². The minimum atomic E-state index is 0.403. The van der Waals surface area contributed by atoms with Gasteiger partial charge in [-0.1, -0.05) is 37.3 Å². The molecule has 2 rings (SSSR count). The zero-order valence-corrected chi connectivity index (χ0v) is 13.0. The highest BCUT2D eigenvalue weighted by molar-refractivity contribution is 5.20. The molecule has 1 heterocycles. The lowest BCUT2D eigenvalue weighted by atomic mass is 9.96. The quantitative estimate of drug-likeness (QED) is 0.864. The number of nitrogens with zero attached hydrogens (tertiary/aromatic N) is 1. The van der Waals surface area contributed by atoms with Gasteiger partial charge < -0.3 is 10.1 Å². The summed E-state index contributed by atoms with van der Waals surface area (Å²) >= 11 is 0. The van der Waals surface area contributed by atoms with Crippen LogP contribution in [0.2, 0.25) is 0 Å². The van der Waals surface area contributed by atoms with Crippen molar-refractivity contribution in [2.24, 2.45) is 0 Å². The van der Waals surface area contributed by atoms with E-state index in [9.17, 15) is 0 Å². The Balaban J connectivity index is 2.02. The zero-order chi connectivity index (χ0) is 14.4. The molecule has 1 aliphatic heterocycles. The molecular formula is C17H28N2O. The first-order valence-corrected chi connectivity index (χ1v) is 7.81. The standard InChI is InChI=1S/C17H28N2O/c1-4-18-17(15-8-6-5-7-9-15)14(2)19-12-10-16(20-3)11-13-19/h5-9,14,16-18H,4,10-13H2,1-3H3. The van der Waals surface area contributed by atoms with E-state index in [1.165, 1.54) is 5.56 Å². The molecule has 1 fully saturated rings. The van der Waals surface area contributed by atoms with Crippen molar-refractivity contribution in [2.75, 3.05) is 26.7 Å². The van der Waals surface area contributed by atoms with Gasteiger partial charge in [-0.2, -0.15) is 0 Å². The monoisotopic (exact) mass is 276 g/mol. The van der Waals surface area contributed by atoms with Gasteiger partial charge in [-0.05, 0) is 31.9 Å². The number of benzene rings is 1. The highest BCUT2D eigenvalue weighted by atomic mass is 16.5. The molecule has 3 heteroatoms. The van der Waals surface area contributed by atoms with Crippen molar-refractivity contribution in [1.82, 2.24) is 10.2 Å². The van der Waals surface area contributed by atoms with Gasteiger partial charge in [0, 0.05) is 32.3 Å². The summed E-state index contributed by atoms with van der Waals surface area (Å²) in [4.78, 5) is 2.59. The maximum atomic E-state index is 5.47. The second-order valence-corrected chi connectivity index (χ2v) is 5.66. The van der Waals surface area contributed by atoms with Gasteiger partial charge in [-0.15, -0.1) is 0 Å². The van der Waals surface area contributed by atoms with Crippen molar-refractivity contribution in [2.45, 2.75) is 44.9 Å². The number of rotatable bonds is 6. The Morgan fingerprint density at radius 1 is 1.25 bits per heavy atom. The summed E-state index contributed by atoms with van der Waals surface area (Å²) in [6.07, 6.45) is 2.75. The van der Waals surface area contributed by atoms with Crippen LogP contribution >= 0.6 is 0 Å². The third-order valence-corrected chi connectivity index (χ3v) is 4.45. The third kappa shape index (κ3) is 3.81. The lowest BCUT2D eigenvalue weighted by Crippen LogP contribution is -2.47. The Morgan fingerprint density at radius 3 is 2.45 bits per heavy atom. The summed E-state index contributed by atoms with van der Waals surface area (Å²) in [5.41, 5.74) is 1.38. The van der Waals surface area contributed by atoms with Gasteiger partial charge in [0.2, 0.25) is 0 Å². The summed E-state index contributed by atoms with van der Waals surface area (Å²) in [6.45, 7) is 7.79. The molecule has 3 nitrogen and oxygen atoms in total. The Kier molecular flexibility index (Phi) is 6.02. The summed E-state index contributed by atoms with van der Waals surface area (Å²) in [5, 5.41) is 3.65. The number of methoxy groups -OCH3 is 1. The van der Waals surface area contributed by atoms with Crippen LogP contribution in [0.1, 0.15) is 38.3 Å². The molecule has 0 aliphatic carbocycles. The highest BCUT2D eigenvalue weighted by Crippen LogP contribution is 2.24. The van der Waals surface area contributed by atoms with Crippen molar-refractivity contribution in [1.29, 1.82) is 0 Å². The van der Waals surface area contributed by atoms with Gasteiger partial charge in [0.1, 0.15) is 0 Å². The Hall–Kier alpha value is -0.900. The van der Waals surface area contributed by atoms with E-state index >= 15 is 0 Å². The largest absolute Gasteiger partial charge is 0.381 e. The van der Waals surface area contributed by atoms with Gasteiger partial charge in [-0.3, -0.25) is 4.90 Å². The van der Waals surface area contributed by atoms with E-state index in [1.54, 1.807) is 0 Å².